The summed E-state index contributed by atoms with van der Waals surface area (Å²) in [7, 11) is 0. The van der Waals surface area contributed by atoms with E-state index in [0.29, 0.717) is 16.0 Å². The van der Waals surface area contributed by atoms with Crippen molar-refractivity contribution >= 4 is 27.5 Å². The van der Waals surface area contributed by atoms with Crippen LogP contribution in [0.25, 0.3) is 5.69 Å². The molecular formula is C12H8BrClF3N3. The van der Waals surface area contributed by atoms with E-state index < -0.39 is 11.7 Å². The minimum atomic E-state index is -4.42. The molecule has 1 heterocycles. The minimum absolute atomic E-state index is 0.0677. The Labute approximate surface area is 125 Å². The second-order valence-corrected chi connectivity index (χ2v) is 5.89. The molecule has 0 amide bonds. The Balaban J connectivity index is 2.15. The van der Waals surface area contributed by atoms with Crippen LogP contribution in [0.5, 0.6) is 0 Å². The van der Waals surface area contributed by atoms with Gasteiger partial charge in [0.15, 0.2) is 0 Å². The first-order chi connectivity index (χ1) is 9.36. The molecule has 1 aromatic heterocycles. The van der Waals surface area contributed by atoms with E-state index in [4.69, 9.17) is 11.6 Å². The summed E-state index contributed by atoms with van der Waals surface area (Å²) in [6, 6.07) is 3.64. The van der Waals surface area contributed by atoms with Crippen molar-refractivity contribution in [2.45, 2.75) is 24.9 Å². The van der Waals surface area contributed by atoms with Crippen molar-refractivity contribution in [3.8, 4) is 5.69 Å². The lowest BCUT2D eigenvalue weighted by Crippen LogP contribution is -2.08. The highest BCUT2D eigenvalue weighted by Gasteiger charge is 2.33. The SMILES string of the molecule is FC(F)(F)c1cc(Br)cc(-n2c(Cl)nnc2C2CC2)c1. The Hall–Kier alpha value is -1.08. The highest BCUT2D eigenvalue weighted by Crippen LogP contribution is 2.41. The summed E-state index contributed by atoms with van der Waals surface area (Å²) in [5.41, 5.74) is -0.433. The Bertz CT molecular complexity index is 664. The van der Waals surface area contributed by atoms with Gasteiger partial charge in [0.1, 0.15) is 5.82 Å². The van der Waals surface area contributed by atoms with Crippen molar-refractivity contribution in [1.82, 2.24) is 14.8 Å². The molecule has 8 heteroatoms. The van der Waals surface area contributed by atoms with Crippen molar-refractivity contribution in [2.75, 3.05) is 0 Å². The summed E-state index contributed by atoms with van der Waals surface area (Å²) in [5.74, 6) is 0.838. The number of nitrogens with zero attached hydrogens (tertiary/aromatic N) is 3. The molecule has 1 aliphatic rings. The molecule has 0 radical (unpaired) electrons. The zero-order chi connectivity index (χ0) is 14.5. The highest BCUT2D eigenvalue weighted by molar-refractivity contribution is 9.10. The maximum Gasteiger partial charge on any atom is 0.416 e. The van der Waals surface area contributed by atoms with Crippen molar-refractivity contribution in [3.63, 3.8) is 0 Å². The van der Waals surface area contributed by atoms with Crippen LogP contribution in [-0.4, -0.2) is 14.8 Å². The van der Waals surface area contributed by atoms with Crippen molar-refractivity contribution in [3.05, 3.63) is 39.3 Å². The Kier molecular flexibility index (Phi) is 3.29. The molecule has 0 atom stereocenters. The van der Waals surface area contributed by atoms with E-state index in [9.17, 15) is 13.2 Å². The Morgan fingerprint density at radius 2 is 1.90 bits per heavy atom. The lowest BCUT2D eigenvalue weighted by atomic mass is 10.2. The smallest absolute Gasteiger partial charge is 0.269 e. The average Bonchev–Trinajstić information content (AvgIpc) is 3.11. The zero-order valence-corrected chi connectivity index (χ0v) is 12.3. The van der Waals surface area contributed by atoms with Crippen molar-refractivity contribution < 1.29 is 13.2 Å². The third-order valence-corrected chi connectivity index (χ3v) is 3.76. The fourth-order valence-corrected chi connectivity index (χ4v) is 2.69. The molecule has 0 saturated heterocycles. The topological polar surface area (TPSA) is 30.7 Å². The molecule has 1 aromatic carbocycles. The van der Waals surface area contributed by atoms with E-state index in [1.807, 2.05) is 0 Å². The van der Waals surface area contributed by atoms with Gasteiger partial charge in [-0.15, -0.1) is 10.2 Å². The summed E-state index contributed by atoms with van der Waals surface area (Å²) >= 11 is 9.06. The van der Waals surface area contributed by atoms with Crippen LogP contribution in [0.15, 0.2) is 22.7 Å². The first-order valence-corrected chi connectivity index (χ1v) is 7.02. The van der Waals surface area contributed by atoms with Crippen LogP contribution in [0.1, 0.15) is 30.1 Å². The summed E-state index contributed by atoms with van der Waals surface area (Å²) in [5, 5.41) is 7.79. The van der Waals surface area contributed by atoms with Crippen LogP contribution in [0.4, 0.5) is 13.2 Å². The number of rotatable bonds is 2. The summed E-state index contributed by atoms with van der Waals surface area (Å²) in [6.45, 7) is 0. The van der Waals surface area contributed by atoms with Gasteiger partial charge in [-0.3, -0.25) is 4.57 Å². The van der Waals surface area contributed by atoms with Crippen molar-refractivity contribution in [1.29, 1.82) is 0 Å². The molecule has 0 spiro atoms. The van der Waals surface area contributed by atoms with E-state index in [1.165, 1.54) is 4.57 Å². The molecule has 3 rings (SSSR count). The van der Waals surface area contributed by atoms with E-state index >= 15 is 0 Å². The molecule has 0 N–H and O–H groups in total. The van der Waals surface area contributed by atoms with Gasteiger partial charge in [-0.1, -0.05) is 15.9 Å². The molecule has 2 aromatic rings. The van der Waals surface area contributed by atoms with Crippen molar-refractivity contribution in [2.24, 2.45) is 0 Å². The van der Waals surface area contributed by atoms with Crippen LogP contribution in [0.2, 0.25) is 5.28 Å². The average molecular weight is 367 g/mol. The highest BCUT2D eigenvalue weighted by atomic mass is 79.9. The first kappa shape index (κ1) is 13.9. The Morgan fingerprint density at radius 1 is 1.20 bits per heavy atom. The molecule has 20 heavy (non-hydrogen) atoms. The standard InChI is InChI=1S/C12H8BrClF3N3/c13-8-3-7(12(15,16)17)4-9(5-8)20-10(6-1-2-6)18-19-11(20)14/h3-6H,1-2H2. The summed E-state index contributed by atoms with van der Waals surface area (Å²) in [4.78, 5) is 0. The van der Waals surface area contributed by atoms with Gasteiger partial charge in [0.25, 0.3) is 0 Å². The zero-order valence-electron chi connectivity index (χ0n) is 9.96. The number of halogens is 5. The lowest BCUT2D eigenvalue weighted by molar-refractivity contribution is -0.137. The maximum absolute atomic E-state index is 12.9. The quantitative estimate of drug-likeness (QED) is 0.779. The predicted octanol–water partition coefficient (Wildman–Crippen LogP) is 4.58. The van der Waals surface area contributed by atoms with Gasteiger partial charge in [0.2, 0.25) is 5.28 Å². The van der Waals surface area contributed by atoms with Gasteiger partial charge in [-0.25, -0.2) is 0 Å². The van der Waals surface area contributed by atoms with Gasteiger partial charge in [0, 0.05) is 10.4 Å². The number of alkyl halides is 3. The second-order valence-electron chi connectivity index (χ2n) is 4.63. The maximum atomic E-state index is 12.9. The van der Waals surface area contributed by atoms with Gasteiger partial charge in [-0.2, -0.15) is 13.2 Å². The molecule has 1 saturated carbocycles. The number of hydrogen-bond acceptors (Lipinski definition) is 2. The largest absolute Gasteiger partial charge is 0.416 e. The fourth-order valence-electron chi connectivity index (χ4n) is 1.99. The second kappa shape index (κ2) is 4.73. The van der Waals surface area contributed by atoms with Crippen LogP contribution in [-0.2, 0) is 6.18 Å². The van der Waals surface area contributed by atoms with Crippen LogP contribution >= 0.6 is 27.5 Å². The van der Waals surface area contributed by atoms with E-state index in [2.05, 4.69) is 26.1 Å². The monoisotopic (exact) mass is 365 g/mol. The number of aromatic nitrogens is 3. The lowest BCUT2D eigenvalue weighted by Gasteiger charge is -2.12. The van der Waals surface area contributed by atoms with Gasteiger partial charge < -0.3 is 0 Å². The van der Waals surface area contributed by atoms with E-state index in [0.717, 1.165) is 25.0 Å². The molecule has 0 aliphatic heterocycles. The molecular weight excluding hydrogens is 359 g/mol. The van der Waals surface area contributed by atoms with Crippen LogP contribution < -0.4 is 0 Å². The third-order valence-electron chi connectivity index (χ3n) is 3.06. The predicted molar refractivity (Wildman–Crippen MR) is 71.0 cm³/mol. The first-order valence-electron chi connectivity index (χ1n) is 5.85. The Morgan fingerprint density at radius 3 is 2.50 bits per heavy atom. The third kappa shape index (κ3) is 2.56. The molecule has 0 unspecified atom stereocenters. The van der Waals surface area contributed by atoms with Crippen LogP contribution in [0.3, 0.4) is 0 Å². The van der Waals surface area contributed by atoms with Gasteiger partial charge >= 0.3 is 6.18 Å². The van der Waals surface area contributed by atoms with Gasteiger partial charge in [-0.05, 0) is 42.6 Å². The normalized spacial score (nSPS) is 15.7. The van der Waals surface area contributed by atoms with Gasteiger partial charge in [0.05, 0.1) is 11.3 Å². The summed E-state index contributed by atoms with van der Waals surface area (Å²) < 4.78 is 40.4. The number of hydrogen-bond donors (Lipinski definition) is 0. The molecule has 1 fully saturated rings. The molecule has 106 valence electrons. The molecule has 1 aliphatic carbocycles. The molecule has 3 nitrogen and oxygen atoms in total. The fraction of sp³-hybridized carbons (Fsp3) is 0.333. The minimum Gasteiger partial charge on any atom is -0.269 e. The van der Waals surface area contributed by atoms with E-state index in [1.54, 1.807) is 6.07 Å². The van der Waals surface area contributed by atoms with Crippen LogP contribution in [0, 0.1) is 0 Å². The summed E-state index contributed by atoms with van der Waals surface area (Å²) in [6.07, 6.45) is -2.51. The molecule has 0 bridgehead atoms. The van der Waals surface area contributed by atoms with E-state index in [-0.39, 0.29) is 11.2 Å². The number of benzene rings is 1.